The average molecular weight is 272 g/mol. The van der Waals surface area contributed by atoms with Gasteiger partial charge >= 0.3 is 0 Å². The highest BCUT2D eigenvalue weighted by molar-refractivity contribution is 7.60. The van der Waals surface area contributed by atoms with E-state index in [1.54, 1.807) is 0 Å². The molecule has 0 spiro atoms. The minimum absolute atomic E-state index is 0.0772. The Morgan fingerprint density at radius 3 is 1.00 bits per heavy atom. The van der Waals surface area contributed by atoms with Crippen molar-refractivity contribution in [3.8, 4) is 0 Å². The zero-order valence-electron chi connectivity index (χ0n) is 11.4. The molecule has 0 fully saturated rings. The zero-order chi connectivity index (χ0) is 12.6. The van der Waals surface area contributed by atoms with E-state index in [9.17, 15) is 0 Å². The predicted octanol–water partition coefficient (Wildman–Crippen LogP) is 4.86. The third-order valence-corrected chi connectivity index (χ3v) is 4.12. The maximum Gasteiger partial charge on any atom is 0.218 e. The Morgan fingerprint density at radius 2 is 0.812 bits per heavy atom. The number of rotatable bonds is 6. The van der Waals surface area contributed by atoms with Crippen LogP contribution in [0.2, 0.25) is 0 Å². The molecule has 0 bridgehead atoms. The third kappa shape index (κ3) is 11.1. The average Bonchev–Trinajstić information content (AvgIpc) is 2.15. The first-order chi connectivity index (χ1) is 7.41. The molecule has 0 aromatic carbocycles. The smallest absolute Gasteiger partial charge is 0.106 e. The van der Waals surface area contributed by atoms with Crippen molar-refractivity contribution in [3.05, 3.63) is 35.4 Å². The van der Waals surface area contributed by atoms with E-state index in [4.69, 9.17) is 0 Å². The lowest BCUT2D eigenvalue weighted by Gasteiger charge is -2.02. The second-order valence-electron chi connectivity index (χ2n) is 4.49. The van der Waals surface area contributed by atoms with Crippen molar-refractivity contribution in [2.24, 2.45) is 0 Å². The quantitative estimate of drug-likeness (QED) is 0.478. The Balaban J connectivity index is 4.51. The Morgan fingerprint density at radius 1 is 0.562 bits per heavy atom. The summed E-state index contributed by atoms with van der Waals surface area (Å²) >= 11 is 0. The molecular formula is C12H24BP3. The van der Waals surface area contributed by atoms with Crippen LogP contribution in [-0.4, -0.2) is 46.7 Å². The molecule has 90 valence electrons. The van der Waals surface area contributed by atoms with Gasteiger partial charge in [0, 0.05) is 0 Å². The van der Waals surface area contributed by atoms with E-state index in [-0.39, 0.29) is 23.8 Å². The normalized spacial score (nSPS) is 13.3. The second-order valence-corrected chi connectivity index (χ2v) is 11.2. The molecule has 0 aromatic heterocycles. The maximum atomic E-state index is 2.36. The zero-order valence-corrected chi connectivity index (χ0v) is 14.1. The Hall–Kier alpha value is 0.575. The van der Waals surface area contributed by atoms with Crippen molar-refractivity contribution >= 4 is 30.5 Å². The summed E-state index contributed by atoms with van der Waals surface area (Å²) < 4.78 is 0. The molecule has 0 aliphatic rings. The van der Waals surface area contributed by atoms with Crippen molar-refractivity contribution in [3.63, 3.8) is 0 Å². The van der Waals surface area contributed by atoms with Crippen LogP contribution in [0.4, 0.5) is 0 Å². The highest BCUT2D eigenvalue weighted by Crippen LogP contribution is 2.29. The number of hydrogen-bond acceptors (Lipinski definition) is 0. The Labute approximate surface area is 106 Å². The van der Waals surface area contributed by atoms with Crippen LogP contribution in [0.1, 0.15) is 0 Å². The van der Waals surface area contributed by atoms with Crippen LogP contribution in [0.5, 0.6) is 0 Å². The Kier molecular flexibility index (Phi) is 9.93. The molecule has 4 heteroatoms. The molecule has 0 aliphatic carbocycles. The lowest BCUT2D eigenvalue weighted by molar-refractivity contribution is 2.10. The van der Waals surface area contributed by atoms with Crippen LogP contribution in [-0.2, 0) is 0 Å². The van der Waals surface area contributed by atoms with E-state index in [0.717, 1.165) is 0 Å². The first-order valence-corrected chi connectivity index (χ1v) is 12.4. The minimum atomic E-state index is 0.0772. The van der Waals surface area contributed by atoms with E-state index in [0.29, 0.717) is 6.71 Å². The molecule has 0 aromatic rings. The van der Waals surface area contributed by atoms with Crippen LogP contribution < -0.4 is 0 Å². The van der Waals surface area contributed by atoms with Gasteiger partial charge in [0.15, 0.2) is 0 Å². The van der Waals surface area contributed by atoms with Gasteiger partial charge in [-0.3, -0.25) is 0 Å². The molecule has 0 saturated carbocycles. The largest absolute Gasteiger partial charge is 0.218 e. The van der Waals surface area contributed by atoms with Gasteiger partial charge in [-0.1, -0.05) is 41.2 Å². The van der Waals surface area contributed by atoms with Crippen LogP contribution in [0.3, 0.4) is 0 Å². The molecular weight excluding hydrogens is 248 g/mol. The molecule has 0 unspecified atom stereocenters. The van der Waals surface area contributed by atoms with E-state index < -0.39 is 0 Å². The molecule has 0 heterocycles. The van der Waals surface area contributed by atoms with E-state index in [2.05, 4.69) is 75.4 Å². The monoisotopic (exact) mass is 272 g/mol. The second kappa shape index (κ2) is 9.59. The van der Waals surface area contributed by atoms with Gasteiger partial charge in [0.05, 0.1) is 0 Å². The standard InChI is InChI=1S/C12H24BP3/c1-14(2)10-7-13(8-11-15(3)4)9-12-16(5)6/h7-12H,1-6H3/b10-7-,11-8-,12-9-. The van der Waals surface area contributed by atoms with Crippen molar-refractivity contribution in [2.45, 2.75) is 0 Å². The molecule has 0 N–H and O–H groups in total. The van der Waals surface area contributed by atoms with Gasteiger partial charge < -0.3 is 0 Å². The first-order valence-electron chi connectivity index (χ1n) is 5.46. The summed E-state index contributed by atoms with van der Waals surface area (Å²) in [6.07, 6.45) is 0. The SMILES string of the molecule is CP(C)/C=C\B(/C=C\P(C)C)/C=C\P(C)C. The van der Waals surface area contributed by atoms with Crippen molar-refractivity contribution in [2.75, 3.05) is 40.0 Å². The van der Waals surface area contributed by atoms with Crippen LogP contribution in [0.25, 0.3) is 0 Å². The lowest BCUT2D eigenvalue weighted by Crippen LogP contribution is -2.00. The highest BCUT2D eigenvalue weighted by Gasteiger charge is 2.01. The molecule has 0 saturated heterocycles. The fourth-order valence-electron chi connectivity index (χ4n) is 1.01. The Bertz CT molecular complexity index is 212. The first kappa shape index (κ1) is 16.6. The topological polar surface area (TPSA) is 0 Å². The number of hydrogen-bond donors (Lipinski definition) is 0. The molecule has 16 heavy (non-hydrogen) atoms. The van der Waals surface area contributed by atoms with Gasteiger partial charge in [-0.2, -0.15) is 0 Å². The van der Waals surface area contributed by atoms with Crippen LogP contribution in [0, 0.1) is 0 Å². The summed E-state index contributed by atoms with van der Waals surface area (Å²) in [4.78, 5) is 0. The summed E-state index contributed by atoms with van der Waals surface area (Å²) in [7, 11) is 0.231. The van der Waals surface area contributed by atoms with Gasteiger partial charge in [-0.05, 0) is 40.0 Å². The molecule has 0 atom stereocenters. The van der Waals surface area contributed by atoms with E-state index >= 15 is 0 Å². The van der Waals surface area contributed by atoms with E-state index in [1.165, 1.54) is 0 Å². The summed E-state index contributed by atoms with van der Waals surface area (Å²) in [6, 6.07) is 0. The fraction of sp³-hybridized carbons (Fsp3) is 0.500. The van der Waals surface area contributed by atoms with Gasteiger partial charge in [0.2, 0.25) is 6.71 Å². The minimum Gasteiger partial charge on any atom is -0.106 e. The molecule has 0 nitrogen and oxygen atoms in total. The summed E-state index contributed by atoms with van der Waals surface area (Å²) in [5, 5.41) is 0. The van der Waals surface area contributed by atoms with Gasteiger partial charge in [-0.25, -0.2) is 0 Å². The summed E-state index contributed by atoms with van der Waals surface area (Å²) in [5.74, 6) is 14.1. The van der Waals surface area contributed by atoms with Crippen molar-refractivity contribution in [1.82, 2.24) is 0 Å². The summed E-state index contributed by atoms with van der Waals surface area (Å²) in [6.45, 7) is 14.2. The van der Waals surface area contributed by atoms with Crippen LogP contribution >= 0.6 is 23.8 Å². The predicted molar refractivity (Wildman–Crippen MR) is 89.5 cm³/mol. The molecule has 0 aliphatic heterocycles. The van der Waals surface area contributed by atoms with Gasteiger partial charge in [-0.15, -0.1) is 17.9 Å². The fourth-order valence-corrected chi connectivity index (χ4v) is 2.64. The molecule has 0 amide bonds. The summed E-state index contributed by atoms with van der Waals surface area (Å²) in [5.41, 5.74) is 0. The molecule has 0 rings (SSSR count). The highest BCUT2D eigenvalue weighted by atomic mass is 31.1. The van der Waals surface area contributed by atoms with Crippen LogP contribution in [0.15, 0.2) is 35.4 Å². The van der Waals surface area contributed by atoms with Gasteiger partial charge in [0.1, 0.15) is 0 Å². The van der Waals surface area contributed by atoms with E-state index in [1.807, 2.05) is 0 Å². The lowest BCUT2D eigenvalue weighted by atomic mass is 9.51. The van der Waals surface area contributed by atoms with Gasteiger partial charge in [0.25, 0.3) is 0 Å². The van der Waals surface area contributed by atoms with Crippen molar-refractivity contribution in [1.29, 1.82) is 0 Å². The third-order valence-electron chi connectivity index (χ3n) is 1.82. The molecule has 0 radical (unpaired) electrons. The van der Waals surface area contributed by atoms with Crippen molar-refractivity contribution < 1.29 is 0 Å². The maximum absolute atomic E-state index is 2.36.